The summed E-state index contributed by atoms with van der Waals surface area (Å²) in [6.45, 7) is 3.75. The number of carbonyl (C=O) groups is 3. The maximum atomic E-state index is 12.4. The number of rotatable bonds is 5. The molecule has 0 spiro atoms. The molecule has 0 aromatic heterocycles. The van der Waals surface area contributed by atoms with Gasteiger partial charge in [0.15, 0.2) is 6.10 Å². The van der Waals surface area contributed by atoms with E-state index in [1.807, 2.05) is 37.3 Å². The van der Waals surface area contributed by atoms with Gasteiger partial charge in [-0.05, 0) is 38.1 Å². The SMILES string of the molecule is Cc1ccc(N2C[C@H](C(=O)O[C@H](C)C(=O)Nc3ccccc3)CC2=O)cc1. The molecule has 2 aromatic carbocycles. The second-order valence-electron chi connectivity index (χ2n) is 6.68. The molecule has 0 bridgehead atoms. The highest BCUT2D eigenvalue weighted by Crippen LogP contribution is 2.26. The topological polar surface area (TPSA) is 75.7 Å². The van der Waals surface area contributed by atoms with E-state index in [1.54, 1.807) is 29.2 Å². The van der Waals surface area contributed by atoms with E-state index in [-0.39, 0.29) is 18.9 Å². The molecular formula is C21H22N2O4. The molecule has 0 unspecified atom stereocenters. The van der Waals surface area contributed by atoms with E-state index in [1.165, 1.54) is 6.92 Å². The van der Waals surface area contributed by atoms with Crippen molar-refractivity contribution >= 4 is 29.2 Å². The van der Waals surface area contributed by atoms with E-state index >= 15 is 0 Å². The first-order valence-corrected chi connectivity index (χ1v) is 8.87. The van der Waals surface area contributed by atoms with E-state index < -0.39 is 23.9 Å². The van der Waals surface area contributed by atoms with Crippen LogP contribution in [0.15, 0.2) is 54.6 Å². The van der Waals surface area contributed by atoms with E-state index in [2.05, 4.69) is 5.32 Å². The molecule has 1 saturated heterocycles. The monoisotopic (exact) mass is 366 g/mol. The lowest BCUT2D eigenvalue weighted by atomic mass is 10.1. The van der Waals surface area contributed by atoms with Gasteiger partial charge in [-0.3, -0.25) is 14.4 Å². The van der Waals surface area contributed by atoms with E-state index in [4.69, 9.17) is 4.74 Å². The quantitative estimate of drug-likeness (QED) is 0.826. The first kappa shape index (κ1) is 18.6. The van der Waals surface area contributed by atoms with Gasteiger partial charge in [0.05, 0.1) is 5.92 Å². The first-order chi connectivity index (χ1) is 12.9. The molecule has 1 aliphatic rings. The Morgan fingerprint density at radius 1 is 1.11 bits per heavy atom. The maximum Gasteiger partial charge on any atom is 0.312 e. The van der Waals surface area contributed by atoms with Crippen LogP contribution in [0.25, 0.3) is 0 Å². The van der Waals surface area contributed by atoms with Crippen molar-refractivity contribution in [3.63, 3.8) is 0 Å². The normalized spacial score (nSPS) is 17.5. The van der Waals surface area contributed by atoms with Crippen LogP contribution < -0.4 is 10.2 Å². The minimum Gasteiger partial charge on any atom is -0.452 e. The number of para-hydroxylation sites is 1. The Balaban J connectivity index is 1.57. The molecule has 1 heterocycles. The van der Waals surface area contributed by atoms with Crippen LogP contribution in [0.1, 0.15) is 18.9 Å². The molecule has 0 saturated carbocycles. The number of amides is 2. The summed E-state index contributed by atoms with van der Waals surface area (Å²) in [7, 11) is 0. The van der Waals surface area contributed by atoms with Gasteiger partial charge in [-0.25, -0.2) is 0 Å². The largest absolute Gasteiger partial charge is 0.452 e. The number of hydrogen-bond acceptors (Lipinski definition) is 4. The van der Waals surface area contributed by atoms with Crippen molar-refractivity contribution < 1.29 is 19.1 Å². The Kier molecular flexibility index (Phi) is 5.54. The number of aryl methyl sites for hydroxylation is 1. The molecule has 2 aromatic rings. The molecule has 2 atom stereocenters. The molecular weight excluding hydrogens is 344 g/mol. The Labute approximate surface area is 158 Å². The molecule has 2 amide bonds. The van der Waals surface area contributed by atoms with Gasteiger partial charge in [0.2, 0.25) is 5.91 Å². The van der Waals surface area contributed by atoms with E-state index in [0.29, 0.717) is 5.69 Å². The van der Waals surface area contributed by atoms with Crippen molar-refractivity contribution in [2.75, 3.05) is 16.8 Å². The summed E-state index contributed by atoms with van der Waals surface area (Å²) in [6.07, 6.45) is -0.860. The van der Waals surface area contributed by atoms with E-state index in [9.17, 15) is 14.4 Å². The zero-order valence-corrected chi connectivity index (χ0v) is 15.3. The zero-order valence-electron chi connectivity index (χ0n) is 15.3. The fourth-order valence-electron chi connectivity index (χ4n) is 2.93. The summed E-state index contributed by atoms with van der Waals surface area (Å²) in [4.78, 5) is 38.4. The standard InChI is InChI=1S/C21H22N2O4/c1-14-8-10-18(11-9-14)23-13-16(12-19(23)24)21(26)27-15(2)20(25)22-17-6-4-3-5-7-17/h3-11,15-16H,12-13H2,1-2H3,(H,22,25)/t15-,16-/m1/s1. The minimum atomic E-state index is -0.943. The third-order valence-electron chi connectivity index (χ3n) is 4.51. The number of carbonyl (C=O) groups excluding carboxylic acids is 3. The molecule has 0 aliphatic carbocycles. The number of hydrogen-bond donors (Lipinski definition) is 1. The predicted molar refractivity (Wildman–Crippen MR) is 102 cm³/mol. The first-order valence-electron chi connectivity index (χ1n) is 8.87. The lowest BCUT2D eigenvalue weighted by Crippen LogP contribution is -2.33. The molecule has 3 rings (SSSR count). The van der Waals surface area contributed by atoms with Crippen molar-refractivity contribution in [3.05, 3.63) is 60.2 Å². The summed E-state index contributed by atoms with van der Waals surface area (Å²) >= 11 is 0. The Morgan fingerprint density at radius 2 is 1.78 bits per heavy atom. The second-order valence-corrected chi connectivity index (χ2v) is 6.68. The van der Waals surface area contributed by atoms with Crippen molar-refractivity contribution in [2.45, 2.75) is 26.4 Å². The highest BCUT2D eigenvalue weighted by molar-refractivity contribution is 6.00. The van der Waals surface area contributed by atoms with Gasteiger partial charge < -0.3 is 15.0 Å². The fourth-order valence-corrected chi connectivity index (χ4v) is 2.93. The lowest BCUT2D eigenvalue weighted by Gasteiger charge is -2.18. The second kappa shape index (κ2) is 8.03. The summed E-state index contributed by atoms with van der Waals surface area (Å²) in [5.41, 5.74) is 2.49. The van der Waals surface area contributed by atoms with Gasteiger partial charge in [0, 0.05) is 24.3 Å². The van der Waals surface area contributed by atoms with Crippen LogP contribution in [-0.4, -0.2) is 30.4 Å². The van der Waals surface area contributed by atoms with Crippen LogP contribution in [0, 0.1) is 12.8 Å². The minimum absolute atomic E-state index is 0.0831. The summed E-state index contributed by atoms with van der Waals surface area (Å²) < 4.78 is 5.29. The number of benzene rings is 2. The summed E-state index contributed by atoms with van der Waals surface area (Å²) in [5, 5.41) is 2.69. The molecule has 6 nitrogen and oxygen atoms in total. The summed E-state index contributed by atoms with van der Waals surface area (Å²) in [6, 6.07) is 16.5. The van der Waals surface area contributed by atoms with Crippen LogP contribution in [0.3, 0.4) is 0 Å². The van der Waals surface area contributed by atoms with Crippen molar-refractivity contribution in [1.29, 1.82) is 0 Å². The third kappa shape index (κ3) is 4.53. The number of anilines is 2. The van der Waals surface area contributed by atoms with Crippen LogP contribution in [0.2, 0.25) is 0 Å². The van der Waals surface area contributed by atoms with Gasteiger partial charge in [-0.15, -0.1) is 0 Å². The lowest BCUT2D eigenvalue weighted by molar-refractivity contribution is -0.157. The Bertz CT molecular complexity index is 833. The fraction of sp³-hybridized carbons (Fsp3) is 0.286. The van der Waals surface area contributed by atoms with Crippen molar-refractivity contribution in [2.24, 2.45) is 5.92 Å². The molecule has 140 valence electrons. The highest BCUT2D eigenvalue weighted by Gasteiger charge is 2.37. The zero-order chi connectivity index (χ0) is 19.4. The average molecular weight is 366 g/mol. The van der Waals surface area contributed by atoms with Crippen LogP contribution in [0.4, 0.5) is 11.4 Å². The predicted octanol–water partition coefficient (Wildman–Crippen LogP) is 2.92. The van der Waals surface area contributed by atoms with Crippen LogP contribution >= 0.6 is 0 Å². The van der Waals surface area contributed by atoms with Crippen LogP contribution in [-0.2, 0) is 19.1 Å². The average Bonchev–Trinajstić information content (AvgIpc) is 3.05. The van der Waals surface area contributed by atoms with Gasteiger partial charge in [0.25, 0.3) is 5.91 Å². The number of nitrogens with zero attached hydrogens (tertiary/aromatic N) is 1. The van der Waals surface area contributed by atoms with E-state index in [0.717, 1.165) is 11.3 Å². The molecule has 6 heteroatoms. The Hall–Kier alpha value is -3.15. The molecule has 1 N–H and O–H groups in total. The van der Waals surface area contributed by atoms with Gasteiger partial charge in [-0.2, -0.15) is 0 Å². The number of ether oxygens (including phenoxy) is 1. The number of esters is 1. The summed E-state index contributed by atoms with van der Waals surface area (Å²) in [5.74, 6) is -1.64. The van der Waals surface area contributed by atoms with Gasteiger partial charge >= 0.3 is 5.97 Å². The smallest absolute Gasteiger partial charge is 0.312 e. The van der Waals surface area contributed by atoms with Gasteiger partial charge in [0.1, 0.15) is 0 Å². The van der Waals surface area contributed by atoms with Gasteiger partial charge in [-0.1, -0.05) is 35.9 Å². The Morgan fingerprint density at radius 3 is 2.44 bits per heavy atom. The molecule has 0 radical (unpaired) electrons. The van der Waals surface area contributed by atoms with Crippen molar-refractivity contribution in [3.8, 4) is 0 Å². The molecule has 1 fully saturated rings. The molecule has 1 aliphatic heterocycles. The van der Waals surface area contributed by atoms with Crippen molar-refractivity contribution in [1.82, 2.24) is 0 Å². The third-order valence-corrected chi connectivity index (χ3v) is 4.51. The number of nitrogens with one attached hydrogen (secondary N) is 1. The maximum absolute atomic E-state index is 12.4. The van der Waals surface area contributed by atoms with Crippen LogP contribution in [0.5, 0.6) is 0 Å². The molecule has 27 heavy (non-hydrogen) atoms. The highest BCUT2D eigenvalue weighted by atomic mass is 16.5.